The number of aliphatic carboxylic acids is 1. The summed E-state index contributed by atoms with van der Waals surface area (Å²) in [6.45, 7) is 2.07. The lowest BCUT2D eigenvalue weighted by Crippen LogP contribution is -2.70. The molecular weight excluding hydrogens is 1120 g/mol. The largest absolute Gasteiger partial charge is 0.477 e. The highest BCUT2D eigenvalue weighted by Crippen LogP contribution is 2.38. The highest BCUT2D eigenvalue weighted by molar-refractivity contribution is 5.77. The van der Waals surface area contributed by atoms with Gasteiger partial charge in [0.15, 0.2) is 12.6 Å². The smallest absolute Gasteiger partial charge is 0.364 e. The average Bonchev–Trinajstić information content (AvgIpc) is 0.995. The lowest BCUT2D eigenvalue weighted by atomic mass is 9.88. The van der Waals surface area contributed by atoms with Crippen LogP contribution in [0.3, 0.4) is 0 Å². The van der Waals surface area contributed by atoms with Crippen LogP contribution < -0.4 is 10.6 Å². The molecule has 0 aromatic heterocycles. The molecule has 502 valence electrons. The zero-order valence-electron chi connectivity index (χ0n) is 51.9. The molecule has 3 aliphatic heterocycles. The minimum Gasteiger partial charge on any atom is -0.477 e. The van der Waals surface area contributed by atoms with Crippen molar-refractivity contribution in [2.75, 3.05) is 26.4 Å². The van der Waals surface area contributed by atoms with Crippen LogP contribution in [0.4, 0.5) is 0 Å². The zero-order chi connectivity index (χ0) is 63.3. The molecule has 0 aliphatic carbocycles. The van der Waals surface area contributed by atoms with E-state index in [4.69, 9.17) is 28.4 Å². The van der Waals surface area contributed by atoms with Gasteiger partial charge in [0.05, 0.1) is 50.7 Å². The molecule has 3 fully saturated rings. The van der Waals surface area contributed by atoms with Crippen molar-refractivity contribution in [2.45, 2.75) is 330 Å². The van der Waals surface area contributed by atoms with E-state index in [-0.39, 0.29) is 12.3 Å². The number of ether oxygens (including phenoxy) is 6. The Kier molecular flexibility index (Phi) is 40.2. The Morgan fingerprint density at radius 2 is 1.10 bits per heavy atom. The Labute approximate surface area is 511 Å². The Morgan fingerprint density at radius 1 is 0.605 bits per heavy atom. The van der Waals surface area contributed by atoms with Crippen molar-refractivity contribution in [3.63, 3.8) is 0 Å². The van der Waals surface area contributed by atoms with E-state index in [1.165, 1.54) is 109 Å². The normalized spacial score (nSPS) is 29.5. The molecule has 0 saturated carbocycles. The van der Waals surface area contributed by atoms with Gasteiger partial charge in [-0.25, -0.2) is 4.79 Å². The molecule has 18 unspecified atom stereocenters. The number of hydrogen-bond donors (Lipinski definition) is 14. The second kappa shape index (κ2) is 44.6. The van der Waals surface area contributed by atoms with Gasteiger partial charge in [0, 0.05) is 19.8 Å². The van der Waals surface area contributed by atoms with E-state index in [0.717, 1.165) is 71.1 Å². The first-order valence-corrected chi connectivity index (χ1v) is 32.7. The molecule has 18 atom stereocenters. The Morgan fingerprint density at radius 3 is 1.62 bits per heavy atom. The van der Waals surface area contributed by atoms with Gasteiger partial charge in [-0.2, -0.15) is 0 Å². The minimum absolute atomic E-state index is 0.189. The number of unbranched alkanes of at least 4 members (excludes halogenated alkanes) is 26. The molecule has 23 heteroatoms. The van der Waals surface area contributed by atoms with Crippen molar-refractivity contribution in [3.8, 4) is 0 Å². The Bertz CT molecular complexity index is 1850. The number of aliphatic hydroxyl groups is 11. The first kappa shape index (κ1) is 77.5. The molecule has 23 nitrogen and oxygen atoms in total. The summed E-state index contributed by atoms with van der Waals surface area (Å²) in [4.78, 5) is 38.4. The van der Waals surface area contributed by atoms with Crippen LogP contribution in [-0.2, 0) is 42.8 Å². The molecule has 0 aromatic carbocycles. The first-order chi connectivity index (χ1) is 41.4. The van der Waals surface area contributed by atoms with Crippen LogP contribution >= 0.6 is 0 Å². The molecule has 3 saturated heterocycles. The number of aliphatic hydroxyl groups excluding tert-OH is 11. The van der Waals surface area contributed by atoms with E-state index < -0.39 is 155 Å². The molecule has 3 rings (SSSR count). The SMILES string of the molecule is CCCC/C=C\CCCCCCCC(=O)NC(COC1OC(CO)C(OC2OC(CO)C(O)C(OC3(C(=O)O)CC(O)C(NC(C)=O)C(C(O)C(O)CO)O3)C2O)C(O)C1O)C(O)/C=C/CCCCCCCCCCCCCCCCCCCCC. The predicted octanol–water partition coefficient (Wildman–Crippen LogP) is 4.50. The first-order valence-electron chi connectivity index (χ1n) is 32.7. The van der Waals surface area contributed by atoms with Gasteiger partial charge in [0.25, 0.3) is 5.79 Å². The molecule has 86 heavy (non-hydrogen) atoms. The van der Waals surface area contributed by atoms with Crippen LogP contribution in [0.1, 0.15) is 220 Å². The van der Waals surface area contributed by atoms with Gasteiger partial charge in [-0.05, 0) is 38.5 Å². The number of allylic oxidation sites excluding steroid dienone is 3. The highest BCUT2D eigenvalue weighted by atomic mass is 16.8. The summed E-state index contributed by atoms with van der Waals surface area (Å²) in [5.41, 5.74) is 0. The maximum atomic E-state index is 13.4. The number of carbonyl (C=O) groups excluding carboxylic acids is 2. The van der Waals surface area contributed by atoms with E-state index in [1.807, 2.05) is 6.08 Å². The molecule has 2 amide bonds. The third kappa shape index (κ3) is 27.8. The fraction of sp³-hybridized carbons (Fsp3) is 0.889. The number of carboxylic acid groups (broad SMARTS) is 1. The highest BCUT2D eigenvalue weighted by Gasteiger charge is 2.60. The van der Waals surface area contributed by atoms with Crippen molar-refractivity contribution < 1.29 is 104 Å². The van der Waals surface area contributed by atoms with Crippen molar-refractivity contribution in [1.29, 1.82) is 0 Å². The number of amides is 2. The molecule has 0 spiro atoms. The van der Waals surface area contributed by atoms with Crippen LogP contribution in [0.25, 0.3) is 0 Å². The van der Waals surface area contributed by atoms with E-state index >= 15 is 0 Å². The van der Waals surface area contributed by atoms with Crippen LogP contribution in [0.15, 0.2) is 24.3 Å². The van der Waals surface area contributed by atoms with Crippen molar-refractivity contribution in [3.05, 3.63) is 24.3 Å². The summed E-state index contributed by atoms with van der Waals surface area (Å²) in [5.74, 6) is -6.16. The van der Waals surface area contributed by atoms with Crippen LogP contribution in [-0.4, -0.2) is 215 Å². The molecule has 3 heterocycles. The summed E-state index contributed by atoms with van der Waals surface area (Å²) in [7, 11) is 0. The van der Waals surface area contributed by atoms with Crippen LogP contribution in [0.5, 0.6) is 0 Å². The van der Waals surface area contributed by atoms with Crippen molar-refractivity contribution >= 4 is 17.8 Å². The van der Waals surface area contributed by atoms with E-state index in [9.17, 15) is 75.7 Å². The van der Waals surface area contributed by atoms with Gasteiger partial charge in [-0.15, -0.1) is 0 Å². The lowest BCUT2D eigenvalue weighted by Gasteiger charge is -2.50. The number of hydrogen-bond acceptors (Lipinski definition) is 20. The maximum Gasteiger partial charge on any atom is 0.364 e. The molecule has 0 aromatic rings. The summed E-state index contributed by atoms with van der Waals surface area (Å²) < 4.78 is 34.7. The number of carboxylic acids is 1. The van der Waals surface area contributed by atoms with Crippen molar-refractivity contribution in [1.82, 2.24) is 10.6 Å². The Hall–Kier alpha value is -2.79. The molecule has 3 aliphatic rings. The van der Waals surface area contributed by atoms with Gasteiger partial charge in [-0.1, -0.05) is 186 Å². The molecule has 0 bridgehead atoms. The zero-order valence-corrected chi connectivity index (χ0v) is 51.9. The van der Waals surface area contributed by atoms with Gasteiger partial charge >= 0.3 is 5.97 Å². The quantitative estimate of drug-likeness (QED) is 0.0294. The van der Waals surface area contributed by atoms with E-state index in [0.29, 0.717) is 12.8 Å². The Balaban J connectivity index is 1.62. The molecular formula is C63H114N2O21. The third-order valence-electron chi connectivity index (χ3n) is 16.6. The van der Waals surface area contributed by atoms with Gasteiger partial charge in [0.1, 0.15) is 67.1 Å². The predicted molar refractivity (Wildman–Crippen MR) is 320 cm³/mol. The summed E-state index contributed by atoms with van der Waals surface area (Å²) in [5, 5.41) is 136. The maximum absolute atomic E-state index is 13.4. The topological polar surface area (TPSA) is 373 Å². The second-order valence-corrected chi connectivity index (χ2v) is 24.0. The number of nitrogens with one attached hydrogen (secondary N) is 2. The fourth-order valence-electron chi connectivity index (χ4n) is 11.3. The monoisotopic (exact) mass is 1230 g/mol. The standard InChI is InChI=1S/C63H114N2O21/c1-4-6-8-10-12-14-16-17-18-19-20-21-22-23-24-25-27-28-30-32-34-36-45(70)44(65-50(73)37-35-33-31-29-26-15-13-11-9-7-5-2)42-81-60-55(77)54(76)57(49(41-68)83-60)84-61-56(78)59(53(75)48(40-67)82-61)86-63(62(79)80)38-46(71)51(64-43(3)69)58(85-63)52(74)47(72)39-66/h11,13,34,36,44-49,51-61,66-68,70-72,74-78H,4-10,12,14-33,35,37-42H2,1-3H3,(H,64,69)(H,65,73)(H,79,80)/b13-11-,36-34+. The van der Waals surface area contributed by atoms with Gasteiger partial charge < -0.3 is 100 Å². The third-order valence-corrected chi connectivity index (χ3v) is 16.6. The summed E-state index contributed by atoms with van der Waals surface area (Å²) in [6.07, 6.45) is 12.5. The van der Waals surface area contributed by atoms with Gasteiger partial charge in [-0.3, -0.25) is 9.59 Å². The van der Waals surface area contributed by atoms with Gasteiger partial charge in [0.2, 0.25) is 11.8 Å². The van der Waals surface area contributed by atoms with E-state index in [1.54, 1.807) is 6.08 Å². The summed E-state index contributed by atoms with van der Waals surface area (Å²) in [6, 6.07) is -2.62. The van der Waals surface area contributed by atoms with Crippen LogP contribution in [0, 0.1) is 0 Å². The second-order valence-electron chi connectivity index (χ2n) is 24.0. The fourth-order valence-corrected chi connectivity index (χ4v) is 11.3. The summed E-state index contributed by atoms with van der Waals surface area (Å²) >= 11 is 0. The minimum atomic E-state index is -3.08. The van der Waals surface area contributed by atoms with Crippen molar-refractivity contribution in [2.24, 2.45) is 0 Å². The lowest BCUT2D eigenvalue weighted by molar-refractivity contribution is -0.386. The number of rotatable bonds is 48. The van der Waals surface area contributed by atoms with E-state index in [2.05, 4.69) is 36.6 Å². The molecule has 14 N–H and O–H groups in total. The number of carbonyl (C=O) groups is 3. The molecule has 0 radical (unpaired) electrons. The average molecular weight is 1240 g/mol. The van der Waals surface area contributed by atoms with Crippen LogP contribution in [0.2, 0.25) is 0 Å².